The number of anilines is 3. The number of nitrogens with one attached hydrogen (secondary N) is 2. The second-order valence-electron chi connectivity index (χ2n) is 15.1. The predicted octanol–water partition coefficient (Wildman–Crippen LogP) is 2.96. The number of nitrogens with zero attached hydrogens (tertiary/aromatic N) is 8. The van der Waals surface area contributed by atoms with E-state index >= 15 is 0 Å². The van der Waals surface area contributed by atoms with Crippen molar-refractivity contribution >= 4 is 34.9 Å². The van der Waals surface area contributed by atoms with E-state index in [0.29, 0.717) is 67.7 Å². The number of aryl methyl sites for hydroxylation is 1. The van der Waals surface area contributed by atoms with Crippen LogP contribution in [-0.4, -0.2) is 116 Å². The molecule has 290 valence electrons. The summed E-state index contributed by atoms with van der Waals surface area (Å²) in [5.41, 5.74) is 4.00. The number of carbonyl (C=O) groups excluding carboxylic acids is 3. The van der Waals surface area contributed by atoms with Gasteiger partial charge in [0, 0.05) is 75.5 Å². The molecule has 3 amide bonds. The predicted molar refractivity (Wildman–Crippen MR) is 199 cm³/mol. The van der Waals surface area contributed by atoms with Crippen molar-refractivity contribution in [3.05, 3.63) is 77.0 Å². The first kappa shape index (κ1) is 35.7. The van der Waals surface area contributed by atoms with E-state index in [1.165, 1.54) is 6.07 Å². The molecule has 0 radical (unpaired) electrons. The lowest BCUT2D eigenvalue weighted by atomic mass is 9.94. The maximum Gasteiger partial charge on any atom is 0.255 e. The number of aromatic nitrogens is 4. The van der Waals surface area contributed by atoms with E-state index in [2.05, 4.69) is 35.6 Å². The van der Waals surface area contributed by atoms with Gasteiger partial charge in [-0.3, -0.25) is 24.6 Å². The van der Waals surface area contributed by atoms with Crippen LogP contribution in [0.15, 0.2) is 48.7 Å². The van der Waals surface area contributed by atoms with Crippen LogP contribution in [0.4, 0.5) is 26.0 Å². The van der Waals surface area contributed by atoms with Crippen molar-refractivity contribution < 1.29 is 33.0 Å². The van der Waals surface area contributed by atoms with E-state index in [-0.39, 0.29) is 29.5 Å². The van der Waals surface area contributed by atoms with Crippen molar-refractivity contribution in [2.75, 3.05) is 61.1 Å². The van der Waals surface area contributed by atoms with Crippen molar-refractivity contribution in [1.82, 2.24) is 35.3 Å². The molecule has 0 aliphatic carbocycles. The summed E-state index contributed by atoms with van der Waals surface area (Å²) < 4.78 is 35.4. The first-order valence-electron chi connectivity index (χ1n) is 18.8. The molecular formula is C39H40F2N10O5. The highest BCUT2D eigenvalue weighted by Crippen LogP contribution is 2.44. The van der Waals surface area contributed by atoms with Gasteiger partial charge in [0.2, 0.25) is 17.7 Å². The van der Waals surface area contributed by atoms with E-state index in [1.807, 2.05) is 30.0 Å². The number of halogens is 2. The molecule has 4 aromatic rings. The molecule has 2 aromatic carbocycles. The summed E-state index contributed by atoms with van der Waals surface area (Å²) >= 11 is 0. The van der Waals surface area contributed by atoms with Crippen LogP contribution in [0.3, 0.4) is 0 Å². The number of fused-ring (bicyclic) bond motifs is 4. The molecule has 5 aliphatic rings. The Morgan fingerprint density at radius 3 is 2.68 bits per heavy atom. The fourth-order valence-electron chi connectivity index (χ4n) is 8.59. The van der Waals surface area contributed by atoms with Gasteiger partial charge in [-0.15, -0.1) is 10.2 Å². The molecule has 9 rings (SSSR count). The van der Waals surface area contributed by atoms with Gasteiger partial charge in [0.05, 0.1) is 41.0 Å². The average Bonchev–Trinajstić information content (AvgIpc) is 3.74. The maximum atomic E-state index is 14.9. The number of piperazine rings is 1. The highest BCUT2D eigenvalue weighted by Gasteiger charge is 2.50. The third-order valence-electron chi connectivity index (χ3n) is 11.6. The van der Waals surface area contributed by atoms with Crippen molar-refractivity contribution in [3.8, 4) is 22.9 Å². The maximum absolute atomic E-state index is 14.9. The summed E-state index contributed by atoms with van der Waals surface area (Å²) in [6.07, 6.45) is 2.24. The quantitative estimate of drug-likeness (QED) is 0.224. The number of amides is 3. The number of alkyl halides is 1. The summed E-state index contributed by atoms with van der Waals surface area (Å²) in [4.78, 5) is 54.9. The number of imide groups is 1. The van der Waals surface area contributed by atoms with Crippen molar-refractivity contribution in [3.63, 3.8) is 0 Å². The summed E-state index contributed by atoms with van der Waals surface area (Å²) in [7, 11) is 0. The Morgan fingerprint density at radius 1 is 1.05 bits per heavy atom. The summed E-state index contributed by atoms with van der Waals surface area (Å²) in [6, 6.07) is 11.1. The Bertz CT molecular complexity index is 2250. The van der Waals surface area contributed by atoms with Gasteiger partial charge in [-0.1, -0.05) is 12.1 Å². The summed E-state index contributed by atoms with van der Waals surface area (Å²) in [6.45, 7) is 5.84. The van der Waals surface area contributed by atoms with Gasteiger partial charge in [0.15, 0.2) is 17.4 Å². The first-order valence-corrected chi connectivity index (χ1v) is 18.8. The van der Waals surface area contributed by atoms with Crippen molar-refractivity contribution in [1.29, 1.82) is 0 Å². The molecule has 0 unspecified atom stereocenters. The van der Waals surface area contributed by atoms with Gasteiger partial charge in [0.25, 0.3) is 5.91 Å². The molecule has 15 nitrogen and oxygen atoms in total. The number of hydrogen-bond donors (Lipinski definition) is 3. The number of aromatic hydroxyl groups is 1. The van der Waals surface area contributed by atoms with E-state index in [0.717, 1.165) is 49.2 Å². The highest BCUT2D eigenvalue weighted by atomic mass is 19.1. The van der Waals surface area contributed by atoms with Crippen molar-refractivity contribution in [2.24, 2.45) is 0 Å². The Morgan fingerprint density at radius 2 is 1.89 bits per heavy atom. The molecule has 0 bridgehead atoms. The molecule has 3 fully saturated rings. The van der Waals surface area contributed by atoms with Gasteiger partial charge in [-0.25, -0.2) is 18.7 Å². The topological polar surface area (TPSA) is 169 Å². The molecule has 17 heteroatoms. The molecular weight excluding hydrogens is 726 g/mol. The second kappa shape index (κ2) is 14.0. The third kappa shape index (κ3) is 6.28. The zero-order valence-electron chi connectivity index (χ0n) is 30.7. The van der Waals surface area contributed by atoms with Crippen LogP contribution in [0, 0.1) is 12.7 Å². The standard InChI is InChI=1S/C39H40F2N10O5/c1-22-37(56-26-15-39(20-40)21-43-35-32(51(39)19-26)14-30(46-47-35)27-3-2-4-29(41)34(27)53)42-16-24(44-22)18-48-9-11-49(12-10-48)25-6-5-23-17-50(38(55)28(23)13-25)31-7-8-33(52)45-36(31)54/h2-6,13-14,16,26,31,53H,7-12,15,17-21H2,1H3,(H,43,47)(H,45,52,54)/t26-,31+,39-/m1/s1. The lowest BCUT2D eigenvalue weighted by molar-refractivity contribution is -0.136. The van der Waals surface area contributed by atoms with Crippen LogP contribution in [-0.2, 0) is 22.7 Å². The van der Waals surface area contributed by atoms with E-state index in [4.69, 9.17) is 9.72 Å². The van der Waals surface area contributed by atoms with Crippen molar-refractivity contribution in [2.45, 2.75) is 57.0 Å². The molecule has 0 spiro atoms. The number of piperidine rings is 1. The lowest BCUT2D eigenvalue weighted by Crippen LogP contribution is -2.54. The minimum absolute atomic E-state index is 0.183. The average molecular weight is 767 g/mol. The molecule has 3 atom stereocenters. The van der Waals surface area contributed by atoms with E-state index < -0.39 is 41.8 Å². The van der Waals surface area contributed by atoms with Gasteiger partial charge in [-0.2, -0.15) is 0 Å². The number of para-hydroxylation sites is 1. The van der Waals surface area contributed by atoms with Crippen LogP contribution in [0.25, 0.3) is 11.3 Å². The number of carbonyl (C=O) groups is 3. The molecule has 3 saturated heterocycles. The second-order valence-corrected chi connectivity index (χ2v) is 15.1. The Labute approximate surface area is 320 Å². The SMILES string of the molecule is Cc1nc(CN2CCN(c3ccc4c(c3)C(=O)N([C@H]3CCC(=O)NC3=O)C4)CC2)cnc1O[C@H]1CN2c3cc(-c4cccc(F)c4O)nnc3NC[C@]2(CF)C1. The van der Waals surface area contributed by atoms with Gasteiger partial charge < -0.3 is 29.9 Å². The Balaban J connectivity index is 0.818. The number of ether oxygens (including phenoxy) is 1. The molecule has 0 saturated carbocycles. The van der Waals surface area contributed by atoms with E-state index in [9.17, 15) is 28.3 Å². The fourth-order valence-corrected chi connectivity index (χ4v) is 8.59. The molecule has 3 N–H and O–H groups in total. The fraction of sp³-hybridized carbons (Fsp3) is 0.410. The lowest BCUT2D eigenvalue weighted by Gasteiger charge is -2.42. The number of phenolic OH excluding ortho intramolecular Hbond substituents is 1. The Kier molecular flexibility index (Phi) is 8.90. The summed E-state index contributed by atoms with van der Waals surface area (Å²) in [5.74, 6) is -1.35. The van der Waals surface area contributed by atoms with Crippen LogP contribution in [0.2, 0.25) is 0 Å². The number of phenols is 1. The van der Waals surface area contributed by atoms with Crippen LogP contribution < -0.4 is 25.2 Å². The monoisotopic (exact) mass is 766 g/mol. The molecule has 56 heavy (non-hydrogen) atoms. The third-order valence-corrected chi connectivity index (χ3v) is 11.6. The molecule has 2 aromatic heterocycles. The van der Waals surface area contributed by atoms with Gasteiger partial charge in [0.1, 0.15) is 18.8 Å². The molecule has 7 heterocycles. The smallest absolute Gasteiger partial charge is 0.255 e. The first-order chi connectivity index (χ1) is 27.1. The van der Waals surface area contributed by atoms with Gasteiger partial charge >= 0.3 is 0 Å². The van der Waals surface area contributed by atoms with Crippen LogP contribution in [0.5, 0.6) is 11.6 Å². The number of benzene rings is 2. The van der Waals surface area contributed by atoms with E-state index in [1.54, 1.807) is 23.2 Å². The largest absolute Gasteiger partial charge is 0.504 e. The minimum atomic E-state index is -0.906. The summed E-state index contributed by atoms with van der Waals surface area (Å²) in [5, 5.41) is 24.3. The van der Waals surface area contributed by atoms with Crippen LogP contribution >= 0.6 is 0 Å². The number of hydrogen-bond acceptors (Lipinski definition) is 13. The zero-order valence-corrected chi connectivity index (χ0v) is 30.7. The number of rotatable bonds is 8. The minimum Gasteiger partial charge on any atom is -0.504 e. The van der Waals surface area contributed by atoms with Crippen LogP contribution in [0.1, 0.15) is 46.6 Å². The highest BCUT2D eigenvalue weighted by molar-refractivity contribution is 6.05. The zero-order chi connectivity index (χ0) is 38.7. The normalized spacial score (nSPS) is 23.4. The molecule has 5 aliphatic heterocycles. The Hall–Kier alpha value is -5.97. The van der Waals surface area contributed by atoms with Gasteiger partial charge in [-0.05, 0) is 49.2 Å².